The number of thiophene rings is 1. The van der Waals surface area contributed by atoms with E-state index in [1.165, 1.54) is 4.31 Å². The van der Waals surface area contributed by atoms with E-state index in [-0.39, 0.29) is 27.5 Å². The minimum atomic E-state index is -3.71. The van der Waals surface area contributed by atoms with Crippen molar-refractivity contribution in [2.75, 3.05) is 32.1 Å². The molecule has 1 saturated heterocycles. The second-order valence-corrected chi connectivity index (χ2v) is 7.79. The Morgan fingerprint density at radius 3 is 2.86 bits per heavy atom. The fourth-order valence-electron chi connectivity index (χ4n) is 2.15. The van der Waals surface area contributed by atoms with Crippen LogP contribution in [0.1, 0.15) is 13.3 Å². The standard InChI is InChI=1S/C11H17N3O5S2/c1-3-12-11-9(14(15)16)6-10(20-11)21(17,18)13-5-4-8(7-13)19-2/h6,8,12H,3-5,7H2,1-2H3. The lowest BCUT2D eigenvalue weighted by atomic mass is 10.3. The molecule has 0 amide bonds. The van der Waals surface area contributed by atoms with Crippen LogP contribution in [0.5, 0.6) is 0 Å². The smallest absolute Gasteiger partial charge is 0.304 e. The maximum Gasteiger partial charge on any atom is 0.304 e. The number of anilines is 1. The van der Waals surface area contributed by atoms with Crippen LogP contribution in [0.25, 0.3) is 0 Å². The molecule has 0 saturated carbocycles. The average molecular weight is 335 g/mol. The first-order valence-electron chi connectivity index (χ1n) is 6.45. The van der Waals surface area contributed by atoms with E-state index < -0.39 is 14.9 Å². The Bertz CT molecular complexity index is 628. The van der Waals surface area contributed by atoms with Crippen molar-refractivity contribution >= 4 is 32.0 Å². The van der Waals surface area contributed by atoms with Crippen molar-refractivity contribution in [1.29, 1.82) is 0 Å². The minimum absolute atomic E-state index is 0.0121. The van der Waals surface area contributed by atoms with Gasteiger partial charge in [-0.15, -0.1) is 0 Å². The lowest BCUT2D eigenvalue weighted by molar-refractivity contribution is -0.383. The van der Waals surface area contributed by atoms with Crippen molar-refractivity contribution in [2.45, 2.75) is 23.7 Å². The zero-order valence-electron chi connectivity index (χ0n) is 11.7. The highest BCUT2D eigenvalue weighted by Gasteiger charge is 2.35. The lowest BCUT2D eigenvalue weighted by Gasteiger charge is -2.14. The van der Waals surface area contributed by atoms with Crippen molar-refractivity contribution in [3.05, 3.63) is 16.2 Å². The molecule has 1 fully saturated rings. The van der Waals surface area contributed by atoms with Crippen LogP contribution in [0, 0.1) is 10.1 Å². The van der Waals surface area contributed by atoms with Crippen molar-refractivity contribution in [3.63, 3.8) is 0 Å². The third-order valence-corrected chi connectivity index (χ3v) is 6.66. The normalized spacial score (nSPS) is 19.8. The van der Waals surface area contributed by atoms with Crippen LogP contribution in [-0.4, -0.2) is 50.5 Å². The van der Waals surface area contributed by atoms with Gasteiger partial charge in [0.15, 0.2) is 5.00 Å². The van der Waals surface area contributed by atoms with Crippen LogP contribution in [0.15, 0.2) is 10.3 Å². The Balaban J connectivity index is 2.32. The van der Waals surface area contributed by atoms with Gasteiger partial charge in [-0.1, -0.05) is 11.3 Å². The van der Waals surface area contributed by atoms with Gasteiger partial charge in [-0.3, -0.25) is 10.1 Å². The van der Waals surface area contributed by atoms with Crippen LogP contribution < -0.4 is 5.32 Å². The number of hydrogen-bond donors (Lipinski definition) is 1. The average Bonchev–Trinajstić information content (AvgIpc) is 3.05. The van der Waals surface area contributed by atoms with Gasteiger partial charge in [-0.05, 0) is 13.3 Å². The maximum absolute atomic E-state index is 12.5. The summed E-state index contributed by atoms with van der Waals surface area (Å²) in [6, 6.07) is 1.12. The van der Waals surface area contributed by atoms with Crippen LogP contribution in [0.4, 0.5) is 10.7 Å². The van der Waals surface area contributed by atoms with E-state index in [0.717, 1.165) is 17.4 Å². The Morgan fingerprint density at radius 2 is 2.33 bits per heavy atom. The Labute approximate surface area is 126 Å². The molecular formula is C11H17N3O5S2. The number of methoxy groups -OCH3 is 1. The zero-order valence-corrected chi connectivity index (χ0v) is 13.4. The molecule has 8 nitrogen and oxygen atoms in total. The molecule has 1 unspecified atom stereocenters. The van der Waals surface area contributed by atoms with Crippen molar-refractivity contribution in [2.24, 2.45) is 0 Å². The fourth-order valence-corrected chi connectivity index (χ4v) is 5.18. The van der Waals surface area contributed by atoms with Gasteiger partial charge in [-0.25, -0.2) is 8.42 Å². The van der Waals surface area contributed by atoms with E-state index in [4.69, 9.17) is 4.74 Å². The SMILES string of the molecule is CCNc1sc(S(=O)(=O)N2CCC(OC)C2)cc1[N+](=O)[O-]. The number of ether oxygens (including phenoxy) is 1. The molecule has 0 bridgehead atoms. The molecule has 1 atom stereocenters. The maximum atomic E-state index is 12.5. The molecule has 1 aromatic rings. The van der Waals surface area contributed by atoms with E-state index in [0.29, 0.717) is 19.5 Å². The van der Waals surface area contributed by atoms with E-state index in [2.05, 4.69) is 5.32 Å². The zero-order chi connectivity index (χ0) is 15.6. The van der Waals surface area contributed by atoms with Gasteiger partial charge in [0.2, 0.25) is 0 Å². The predicted octanol–water partition coefficient (Wildman–Crippen LogP) is 1.50. The van der Waals surface area contributed by atoms with Gasteiger partial charge in [0, 0.05) is 32.8 Å². The van der Waals surface area contributed by atoms with Crippen LogP contribution in [0.3, 0.4) is 0 Å². The summed E-state index contributed by atoms with van der Waals surface area (Å²) < 4.78 is 31.5. The third kappa shape index (κ3) is 3.18. The Kier molecular flexibility index (Phi) is 4.81. The first kappa shape index (κ1) is 16.1. The molecule has 1 aliphatic rings. The summed E-state index contributed by atoms with van der Waals surface area (Å²) in [4.78, 5) is 10.4. The highest BCUT2D eigenvalue weighted by Crippen LogP contribution is 2.38. The summed E-state index contributed by atoms with van der Waals surface area (Å²) in [6.45, 7) is 2.92. The quantitative estimate of drug-likeness (QED) is 0.624. The molecule has 2 rings (SSSR count). The van der Waals surface area contributed by atoms with Crippen LogP contribution in [0.2, 0.25) is 0 Å². The first-order chi connectivity index (χ1) is 9.90. The van der Waals surface area contributed by atoms with Crippen molar-refractivity contribution < 1.29 is 18.1 Å². The van der Waals surface area contributed by atoms with Crippen LogP contribution in [-0.2, 0) is 14.8 Å². The number of nitrogens with zero attached hydrogens (tertiary/aromatic N) is 2. The lowest BCUT2D eigenvalue weighted by Crippen LogP contribution is -2.29. The van der Waals surface area contributed by atoms with Gasteiger partial charge in [0.25, 0.3) is 10.0 Å². The van der Waals surface area contributed by atoms with Crippen molar-refractivity contribution in [1.82, 2.24) is 4.31 Å². The molecule has 21 heavy (non-hydrogen) atoms. The number of nitrogens with one attached hydrogen (secondary N) is 1. The third-order valence-electron chi connectivity index (χ3n) is 3.26. The molecule has 1 aromatic heterocycles. The monoisotopic (exact) mass is 335 g/mol. The van der Waals surface area contributed by atoms with Gasteiger partial charge in [0.05, 0.1) is 11.0 Å². The van der Waals surface area contributed by atoms with E-state index >= 15 is 0 Å². The Hall–Kier alpha value is -1.23. The summed E-state index contributed by atoms with van der Waals surface area (Å²) in [7, 11) is -2.17. The van der Waals surface area contributed by atoms with Crippen LogP contribution >= 0.6 is 11.3 Å². The molecule has 0 spiro atoms. The number of sulfonamides is 1. The molecule has 10 heteroatoms. The highest BCUT2D eigenvalue weighted by atomic mass is 32.2. The van der Waals surface area contributed by atoms with Gasteiger partial charge in [-0.2, -0.15) is 4.31 Å². The second kappa shape index (κ2) is 6.26. The second-order valence-electron chi connectivity index (χ2n) is 4.58. The number of hydrogen-bond acceptors (Lipinski definition) is 7. The summed E-state index contributed by atoms with van der Waals surface area (Å²) in [5.41, 5.74) is -0.206. The molecule has 0 aromatic carbocycles. The van der Waals surface area contributed by atoms with Gasteiger partial charge >= 0.3 is 5.69 Å². The molecule has 118 valence electrons. The summed E-state index contributed by atoms with van der Waals surface area (Å²) >= 11 is 0.892. The highest BCUT2D eigenvalue weighted by molar-refractivity contribution is 7.91. The van der Waals surface area contributed by atoms with E-state index in [1.807, 2.05) is 0 Å². The van der Waals surface area contributed by atoms with Crippen molar-refractivity contribution in [3.8, 4) is 0 Å². The molecule has 0 aliphatic carbocycles. The predicted molar refractivity (Wildman–Crippen MR) is 79.3 cm³/mol. The summed E-state index contributed by atoms with van der Waals surface area (Å²) in [6.07, 6.45) is 0.506. The van der Waals surface area contributed by atoms with Gasteiger partial charge in [0.1, 0.15) is 4.21 Å². The van der Waals surface area contributed by atoms with E-state index in [1.54, 1.807) is 14.0 Å². The first-order valence-corrected chi connectivity index (χ1v) is 8.70. The molecule has 0 radical (unpaired) electrons. The molecule has 2 heterocycles. The Morgan fingerprint density at radius 1 is 1.62 bits per heavy atom. The summed E-state index contributed by atoms with van der Waals surface area (Å²) in [5.74, 6) is 0. The van der Waals surface area contributed by atoms with Gasteiger partial charge < -0.3 is 10.1 Å². The minimum Gasteiger partial charge on any atom is -0.380 e. The fraction of sp³-hybridized carbons (Fsp3) is 0.636. The topological polar surface area (TPSA) is 102 Å². The molecule has 1 aliphatic heterocycles. The van der Waals surface area contributed by atoms with E-state index in [9.17, 15) is 18.5 Å². The largest absolute Gasteiger partial charge is 0.380 e. The summed E-state index contributed by atoms with van der Waals surface area (Å²) in [5, 5.41) is 14.1. The molecular weight excluding hydrogens is 318 g/mol. The number of rotatable bonds is 6. The number of nitro groups is 1. The molecule has 1 N–H and O–H groups in total.